The van der Waals surface area contributed by atoms with Gasteiger partial charge in [-0.25, -0.2) is 0 Å². The van der Waals surface area contributed by atoms with E-state index in [2.05, 4.69) is 4.98 Å². The van der Waals surface area contributed by atoms with E-state index in [9.17, 15) is 5.11 Å². The van der Waals surface area contributed by atoms with Crippen LogP contribution in [-0.2, 0) is 0 Å². The van der Waals surface area contributed by atoms with Gasteiger partial charge in [0.25, 0.3) is 0 Å². The average Bonchev–Trinajstić information content (AvgIpc) is 2.49. The number of halogens is 2. The van der Waals surface area contributed by atoms with E-state index in [0.29, 0.717) is 10.2 Å². The van der Waals surface area contributed by atoms with Gasteiger partial charge in [-0.3, -0.25) is 0 Å². The van der Waals surface area contributed by atoms with Crippen LogP contribution in [0.3, 0.4) is 0 Å². The van der Waals surface area contributed by atoms with Crippen molar-refractivity contribution in [3.05, 3.63) is 33.4 Å². The minimum atomic E-state index is -0.591. The predicted octanol–water partition coefficient (Wildman–Crippen LogP) is 3.84. The van der Waals surface area contributed by atoms with Crippen LogP contribution in [-0.4, -0.2) is 10.1 Å². The largest absolute Gasteiger partial charge is 0.389 e. The van der Waals surface area contributed by atoms with Crippen LogP contribution in [0.15, 0.2) is 12.1 Å². The van der Waals surface area contributed by atoms with Gasteiger partial charge in [-0.05, 0) is 25.5 Å². The lowest BCUT2D eigenvalue weighted by atomic mass is 10.1. The second kappa shape index (κ2) is 3.71. The second-order valence-corrected chi connectivity index (χ2v) is 4.41. The molecule has 2 N–H and O–H groups in total. The van der Waals surface area contributed by atoms with Crippen LogP contribution >= 0.6 is 23.2 Å². The molecule has 0 bridgehead atoms. The van der Waals surface area contributed by atoms with Gasteiger partial charge in [0.15, 0.2) is 0 Å². The summed E-state index contributed by atoms with van der Waals surface area (Å²) < 4.78 is 0. The van der Waals surface area contributed by atoms with Gasteiger partial charge in [0.05, 0.1) is 11.6 Å². The average molecular weight is 244 g/mol. The number of hydrogen-bond acceptors (Lipinski definition) is 1. The quantitative estimate of drug-likeness (QED) is 0.785. The van der Waals surface area contributed by atoms with Crippen LogP contribution < -0.4 is 0 Å². The Balaban J connectivity index is 2.85. The van der Waals surface area contributed by atoms with Crippen molar-refractivity contribution in [1.29, 1.82) is 0 Å². The maximum atomic E-state index is 9.61. The third-order valence-electron chi connectivity index (χ3n) is 2.58. The predicted molar refractivity (Wildman–Crippen MR) is 63.7 cm³/mol. The molecule has 2 rings (SSSR count). The molecule has 0 aliphatic carbocycles. The van der Waals surface area contributed by atoms with Crippen LogP contribution in [0.5, 0.6) is 0 Å². The van der Waals surface area contributed by atoms with E-state index in [0.717, 1.165) is 22.0 Å². The SMILES string of the molecule is Cc1c(Cl)ccc2c(C(C)O)c(Cl)[nH]c12. The van der Waals surface area contributed by atoms with E-state index in [1.165, 1.54) is 0 Å². The van der Waals surface area contributed by atoms with Crippen molar-refractivity contribution in [3.8, 4) is 0 Å². The summed E-state index contributed by atoms with van der Waals surface area (Å²) in [5, 5.41) is 11.7. The van der Waals surface area contributed by atoms with Crippen LogP contribution in [0.25, 0.3) is 10.9 Å². The summed E-state index contributed by atoms with van der Waals surface area (Å²) in [7, 11) is 0. The van der Waals surface area contributed by atoms with E-state index >= 15 is 0 Å². The monoisotopic (exact) mass is 243 g/mol. The zero-order valence-corrected chi connectivity index (χ0v) is 9.95. The molecule has 1 aromatic carbocycles. The van der Waals surface area contributed by atoms with E-state index in [-0.39, 0.29) is 0 Å². The van der Waals surface area contributed by atoms with Gasteiger partial charge in [-0.2, -0.15) is 0 Å². The Morgan fingerprint density at radius 3 is 2.60 bits per heavy atom. The number of aliphatic hydroxyl groups excluding tert-OH is 1. The van der Waals surface area contributed by atoms with E-state index in [4.69, 9.17) is 23.2 Å². The lowest BCUT2D eigenvalue weighted by molar-refractivity contribution is 0.201. The molecular formula is C11H11Cl2NO. The summed E-state index contributed by atoms with van der Waals surface area (Å²) in [5.74, 6) is 0. The van der Waals surface area contributed by atoms with Crippen LogP contribution in [0.2, 0.25) is 10.2 Å². The Bertz CT molecular complexity index is 517. The van der Waals surface area contributed by atoms with E-state index in [1.807, 2.05) is 19.1 Å². The summed E-state index contributed by atoms with van der Waals surface area (Å²) in [6.07, 6.45) is -0.591. The second-order valence-electron chi connectivity index (χ2n) is 3.62. The topological polar surface area (TPSA) is 36.0 Å². The zero-order valence-electron chi connectivity index (χ0n) is 8.44. The first-order valence-electron chi connectivity index (χ1n) is 4.66. The number of fused-ring (bicyclic) bond motifs is 1. The molecule has 0 amide bonds. The van der Waals surface area contributed by atoms with Crippen LogP contribution in [0.1, 0.15) is 24.2 Å². The Morgan fingerprint density at radius 2 is 2.00 bits per heavy atom. The number of aryl methyl sites for hydroxylation is 1. The van der Waals surface area contributed by atoms with Gasteiger partial charge < -0.3 is 10.1 Å². The molecule has 0 spiro atoms. The number of aromatic amines is 1. The van der Waals surface area contributed by atoms with Gasteiger partial charge in [0.2, 0.25) is 0 Å². The molecule has 0 saturated heterocycles. The molecular weight excluding hydrogens is 233 g/mol. The minimum absolute atomic E-state index is 0.477. The molecule has 0 saturated carbocycles. The molecule has 4 heteroatoms. The van der Waals surface area contributed by atoms with Gasteiger partial charge in [0.1, 0.15) is 5.15 Å². The standard InChI is InChI=1S/C11H11Cl2NO/c1-5-8(12)4-3-7-9(6(2)15)11(13)14-10(5)7/h3-4,6,14-15H,1-2H3. The molecule has 2 aromatic rings. The smallest absolute Gasteiger partial charge is 0.113 e. The van der Waals surface area contributed by atoms with Crippen LogP contribution in [0.4, 0.5) is 0 Å². The molecule has 80 valence electrons. The summed E-state index contributed by atoms with van der Waals surface area (Å²) in [6.45, 7) is 3.61. The summed E-state index contributed by atoms with van der Waals surface area (Å²) >= 11 is 12.0. The molecule has 1 atom stereocenters. The number of aliphatic hydroxyl groups is 1. The summed E-state index contributed by atoms with van der Waals surface area (Å²) in [5.41, 5.74) is 2.57. The fraction of sp³-hybridized carbons (Fsp3) is 0.273. The van der Waals surface area contributed by atoms with Crippen molar-refractivity contribution < 1.29 is 5.11 Å². The Labute approximate surface area is 97.8 Å². The molecule has 2 nitrogen and oxygen atoms in total. The maximum Gasteiger partial charge on any atom is 0.113 e. The van der Waals surface area contributed by atoms with Crippen molar-refractivity contribution >= 4 is 34.1 Å². The Morgan fingerprint density at radius 1 is 1.33 bits per heavy atom. The Kier molecular flexibility index (Phi) is 2.67. The van der Waals surface area contributed by atoms with Gasteiger partial charge in [0, 0.05) is 16.0 Å². The van der Waals surface area contributed by atoms with Crippen molar-refractivity contribution in [2.75, 3.05) is 0 Å². The molecule has 1 unspecified atom stereocenters. The van der Waals surface area contributed by atoms with Crippen molar-refractivity contribution in [1.82, 2.24) is 4.98 Å². The first-order valence-corrected chi connectivity index (χ1v) is 5.42. The number of benzene rings is 1. The molecule has 0 aliphatic rings. The third kappa shape index (κ3) is 1.63. The number of nitrogens with one attached hydrogen (secondary N) is 1. The van der Waals surface area contributed by atoms with Gasteiger partial charge >= 0.3 is 0 Å². The lowest BCUT2D eigenvalue weighted by Crippen LogP contribution is -1.89. The lowest BCUT2D eigenvalue weighted by Gasteiger charge is -2.04. The fourth-order valence-corrected chi connectivity index (χ4v) is 2.29. The highest BCUT2D eigenvalue weighted by molar-refractivity contribution is 6.33. The fourth-order valence-electron chi connectivity index (χ4n) is 1.78. The normalized spacial score (nSPS) is 13.4. The molecule has 15 heavy (non-hydrogen) atoms. The van der Waals surface area contributed by atoms with Crippen molar-refractivity contribution in [2.24, 2.45) is 0 Å². The molecule has 1 heterocycles. The highest BCUT2D eigenvalue weighted by atomic mass is 35.5. The summed E-state index contributed by atoms with van der Waals surface area (Å²) in [6, 6.07) is 3.68. The first kappa shape index (κ1) is 10.8. The zero-order chi connectivity index (χ0) is 11.2. The highest BCUT2D eigenvalue weighted by Crippen LogP contribution is 2.34. The Hall–Kier alpha value is -0.700. The molecule has 0 aliphatic heterocycles. The number of H-pyrrole nitrogens is 1. The van der Waals surface area contributed by atoms with Crippen molar-refractivity contribution in [2.45, 2.75) is 20.0 Å². The molecule has 0 radical (unpaired) electrons. The van der Waals surface area contributed by atoms with Crippen LogP contribution in [0, 0.1) is 6.92 Å². The number of aromatic nitrogens is 1. The van der Waals surface area contributed by atoms with Gasteiger partial charge in [-0.15, -0.1) is 0 Å². The minimum Gasteiger partial charge on any atom is -0.389 e. The number of hydrogen-bond donors (Lipinski definition) is 2. The maximum absolute atomic E-state index is 9.61. The van der Waals surface area contributed by atoms with Gasteiger partial charge in [-0.1, -0.05) is 29.3 Å². The van der Waals surface area contributed by atoms with Crippen molar-refractivity contribution in [3.63, 3.8) is 0 Å². The third-order valence-corrected chi connectivity index (χ3v) is 3.29. The van der Waals surface area contributed by atoms with E-state index < -0.39 is 6.10 Å². The summed E-state index contributed by atoms with van der Waals surface area (Å²) in [4.78, 5) is 3.04. The molecule has 0 fully saturated rings. The van der Waals surface area contributed by atoms with E-state index in [1.54, 1.807) is 6.92 Å². The number of rotatable bonds is 1. The highest BCUT2D eigenvalue weighted by Gasteiger charge is 2.16. The first-order chi connectivity index (χ1) is 7.02. The molecule has 1 aromatic heterocycles.